The van der Waals surface area contributed by atoms with Crippen LogP contribution >= 0.6 is 0 Å². The molecule has 0 aliphatic rings. The first-order chi connectivity index (χ1) is 7.50. The first kappa shape index (κ1) is 12.1. The summed E-state index contributed by atoms with van der Waals surface area (Å²) >= 11 is 0. The molecule has 5 heteroatoms. The Hall–Kier alpha value is -2.01. The molecule has 0 heterocycles. The second kappa shape index (κ2) is 5.18. The van der Waals surface area contributed by atoms with Gasteiger partial charge in [0.05, 0.1) is 4.92 Å². The standard InChI is InChI=1S/C11H11NO4/c1-8(13)11(14)7-4-9-2-5-10(6-3-9)12(15)16/h2-8,13H,1H3/b7-4+/t8-/m0/s1. The van der Waals surface area contributed by atoms with E-state index in [9.17, 15) is 14.9 Å². The van der Waals surface area contributed by atoms with E-state index >= 15 is 0 Å². The van der Waals surface area contributed by atoms with Crippen LogP contribution < -0.4 is 0 Å². The predicted molar refractivity (Wildman–Crippen MR) is 58.8 cm³/mol. The van der Waals surface area contributed by atoms with Gasteiger partial charge in [-0.25, -0.2) is 0 Å². The number of hydrogen-bond donors (Lipinski definition) is 1. The largest absolute Gasteiger partial charge is 0.385 e. The predicted octanol–water partition coefficient (Wildman–Crippen LogP) is 1.56. The minimum absolute atomic E-state index is 0.000923. The molecule has 0 saturated heterocycles. The maximum absolute atomic E-state index is 11.0. The van der Waals surface area contributed by atoms with Crippen molar-refractivity contribution in [1.82, 2.24) is 0 Å². The van der Waals surface area contributed by atoms with Crippen LogP contribution in [0.25, 0.3) is 6.08 Å². The smallest absolute Gasteiger partial charge is 0.269 e. The van der Waals surface area contributed by atoms with Crippen LogP contribution in [0.1, 0.15) is 12.5 Å². The molecule has 0 saturated carbocycles. The maximum atomic E-state index is 11.0. The van der Waals surface area contributed by atoms with Crippen molar-refractivity contribution in [3.8, 4) is 0 Å². The van der Waals surface area contributed by atoms with Gasteiger partial charge in [-0.05, 0) is 30.7 Å². The molecule has 1 rings (SSSR count). The van der Waals surface area contributed by atoms with E-state index < -0.39 is 16.8 Å². The summed E-state index contributed by atoms with van der Waals surface area (Å²) in [5.41, 5.74) is 0.665. The molecule has 1 aromatic rings. The molecule has 0 aliphatic heterocycles. The monoisotopic (exact) mass is 221 g/mol. The van der Waals surface area contributed by atoms with Crippen molar-refractivity contribution in [1.29, 1.82) is 0 Å². The third-order valence-electron chi connectivity index (χ3n) is 1.96. The van der Waals surface area contributed by atoms with Crippen molar-refractivity contribution in [3.63, 3.8) is 0 Å². The molecular formula is C11H11NO4. The topological polar surface area (TPSA) is 80.4 Å². The number of benzene rings is 1. The highest BCUT2D eigenvalue weighted by molar-refractivity contribution is 5.96. The molecule has 16 heavy (non-hydrogen) atoms. The van der Waals surface area contributed by atoms with Crippen LogP contribution in [0, 0.1) is 10.1 Å². The normalized spacial score (nSPS) is 12.6. The molecule has 0 spiro atoms. The number of nitro groups is 1. The summed E-state index contributed by atoms with van der Waals surface area (Å²) < 4.78 is 0. The molecule has 0 aliphatic carbocycles. The van der Waals surface area contributed by atoms with Crippen molar-refractivity contribution < 1.29 is 14.8 Å². The number of aliphatic hydroxyl groups is 1. The average Bonchev–Trinajstić information content (AvgIpc) is 2.26. The van der Waals surface area contributed by atoms with E-state index in [0.717, 1.165) is 0 Å². The third-order valence-corrected chi connectivity index (χ3v) is 1.96. The van der Waals surface area contributed by atoms with Crippen LogP contribution in [0.3, 0.4) is 0 Å². The lowest BCUT2D eigenvalue weighted by molar-refractivity contribution is -0.384. The van der Waals surface area contributed by atoms with E-state index in [1.807, 2.05) is 0 Å². The van der Waals surface area contributed by atoms with Gasteiger partial charge in [0.1, 0.15) is 6.10 Å². The molecular weight excluding hydrogens is 210 g/mol. The Morgan fingerprint density at radius 1 is 1.44 bits per heavy atom. The van der Waals surface area contributed by atoms with E-state index in [2.05, 4.69) is 0 Å². The zero-order valence-electron chi connectivity index (χ0n) is 8.66. The van der Waals surface area contributed by atoms with Crippen LogP contribution in [0.15, 0.2) is 30.3 Å². The molecule has 84 valence electrons. The van der Waals surface area contributed by atoms with Gasteiger partial charge in [-0.1, -0.05) is 6.08 Å². The summed E-state index contributed by atoms with van der Waals surface area (Å²) in [6, 6.07) is 5.77. The van der Waals surface area contributed by atoms with Gasteiger partial charge in [0.25, 0.3) is 5.69 Å². The summed E-state index contributed by atoms with van der Waals surface area (Å²) in [5.74, 6) is -0.404. The van der Waals surface area contributed by atoms with Gasteiger partial charge in [-0.3, -0.25) is 14.9 Å². The van der Waals surface area contributed by atoms with E-state index in [1.54, 1.807) is 0 Å². The van der Waals surface area contributed by atoms with Crippen molar-refractivity contribution in [2.75, 3.05) is 0 Å². The van der Waals surface area contributed by atoms with Crippen LogP contribution in [0.5, 0.6) is 0 Å². The fourth-order valence-electron chi connectivity index (χ4n) is 1.02. The number of non-ortho nitro benzene ring substituents is 1. The molecule has 0 fully saturated rings. The Labute approximate surface area is 92.2 Å². The second-order valence-corrected chi connectivity index (χ2v) is 3.26. The van der Waals surface area contributed by atoms with Crippen molar-refractivity contribution >= 4 is 17.5 Å². The summed E-state index contributed by atoms with van der Waals surface area (Å²) in [6.45, 7) is 1.38. The second-order valence-electron chi connectivity index (χ2n) is 3.26. The third kappa shape index (κ3) is 3.29. The Balaban J connectivity index is 2.76. The molecule has 0 bridgehead atoms. The Morgan fingerprint density at radius 3 is 2.44 bits per heavy atom. The number of ketones is 1. The minimum Gasteiger partial charge on any atom is -0.385 e. The quantitative estimate of drug-likeness (QED) is 0.475. The molecule has 0 aromatic heterocycles. The average molecular weight is 221 g/mol. The van der Waals surface area contributed by atoms with Crippen LogP contribution in [0.4, 0.5) is 5.69 Å². The molecule has 1 N–H and O–H groups in total. The lowest BCUT2D eigenvalue weighted by Gasteiger charge is -1.96. The van der Waals surface area contributed by atoms with Gasteiger partial charge in [0.2, 0.25) is 0 Å². The van der Waals surface area contributed by atoms with Gasteiger partial charge in [-0.15, -0.1) is 0 Å². The van der Waals surface area contributed by atoms with Gasteiger partial charge in [0.15, 0.2) is 5.78 Å². The number of carbonyl (C=O) groups excluding carboxylic acids is 1. The summed E-state index contributed by atoms with van der Waals surface area (Å²) in [5, 5.41) is 19.3. The molecule has 1 aromatic carbocycles. The van der Waals surface area contributed by atoms with E-state index in [4.69, 9.17) is 5.11 Å². The van der Waals surface area contributed by atoms with Gasteiger partial charge < -0.3 is 5.11 Å². The van der Waals surface area contributed by atoms with Crippen LogP contribution in [-0.4, -0.2) is 21.9 Å². The Morgan fingerprint density at radius 2 is 2.00 bits per heavy atom. The number of nitro benzene ring substituents is 1. The lowest BCUT2D eigenvalue weighted by atomic mass is 10.1. The van der Waals surface area contributed by atoms with E-state index in [-0.39, 0.29) is 5.69 Å². The van der Waals surface area contributed by atoms with Crippen molar-refractivity contribution in [2.24, 2.45) is 0 Å². The van der Waals surface area contributed by atoms with Crippen molar-refractivity contribution in [2.45, 2.75) is 13.0 Å². The Bertz CT molecular complexity index is 420. The van der Waals surface area contributed by atoms with Crippen molar-refractivity contribution in [3.05, 3.63) is 46.0 Å². The van der Waals surface area contributed by atoms with E-state index in [1.165, 1.54) is 43.3 Å². The number of carbonyl (C=O) groups is 1. The number of hydrogen-bond acceptors (Lipinski definition) is 4. The molecule has 0 radical (unpaired) electrons. The summed E-state index contributed by atoms with van der Waals surface area (Å²) in [7, 11) is 0. The zero-order chi connectivity index (χ0) is 12.1. The zero-order valence-corrected chi connectivity index (χ0v) is 8.66. The lowest BCUT2D eigenvalue weighted by Crippen LogP contribution is -2.12. The molecule has 1 atom stereocenters. The number of nitrogens with zero attached hydrogens (tertiary/aromatic N) is 1. The Kier molecular flexibility index (Phi) is 3.90. The number of aliphatic hydroxyl groups excluding tert-OH is 1. The van der Waals surface area contributed by atoms with Gasteiger partial charge >= 0.3 is 0 Å². The first-order valence-electron chi connectivity index (χ1n) is 4.65. The molecule has 0 amide bonds. The first-order valence-corrected chi connectivity index (χ1v) is 4.65. The molecule has 0 unspecified atom stereocenters. The fourth-order valence-corrected chi connectivity index (χ4v) is 1.02. The van der Waals surface area contributed by atoms with Gasteiger partial charge in [0, 0.05) is 12.1 Å². The number of rotatable bonds is 4. The van der Waals surface area contributed by atoms with E-state index in [0.29, 0.717) is 5.56 Å². The highest BCUT2D eigenvalue weighted by Crippen LogP contribution is 2.12. The van der Waals surface area contributed by atoms with Gasteiger partial charge in [-0.2, -0.15) is 0 Å². The van der Waals surface area contributed by atoms with Crippen LogP contribution in [-0.2, 0) is 4.79 Å². The minimum atomic E-state index is -1.03. The van der Waals surface area contributed by atoms with Crippen LogP contribution in [0.2, 0.25) is 0 Å². The summed E-state index contributed by atoms with van der Waals surface area (Å²) in [6.07, 6.45) is 1.71. The summed E-state index contributed by atoms with van der Waals surface area (Å²) in [4.78, 5) is 20.9. The maximum Gasteiger partial charge on any atom is 0.269 e. The molecule has 5 nitrogen and oxygen atoms in total. The highest BCUT2D eigenvalue weighted by Gasteiger charge is 2.04. The fraction of sp³-hybridized carbons (Fsp3) is 0.182. The highest BCUT2D eigenvalue weighted by atomic mass is 16.6. The SMILES string of the molecule is C[C@H](O)C(=O)/C=C/c1ccc([N+](=O)[O-])cc1.